The predicted molar refractivity (Wildman–Crippen MR) is 164 cm³/mol. The summed E-state index contributed by atoms with van der Waals surface area (Å²) in [6.45, 7) is 1.12. The van der Waals surface area contributed by atoms with E-state index in [0.717, 1.165) is 6.20 Å². The highest BCUT2D eigenvalue weighted by Crippen LogP contribution is 2.28. The molecule has 0 bridgehead atoms. The van der Waals surface area contributed by atoms with Crippen LogP contribution in [0.5, 0.6) is 0 Å². The summed E-state index contributed by atoms with van der Waals surface area (Å²) in [7, 11) is -3.83. The number of sulfonamides is 1. The fourth-order valence-corrected chi connectivity index (χ4v) is 6.86. The Labute approximate surface area is 267 Å². The Balaban J connectivity index is 1.47. The molecule has 1 saturated heterocycles. The summed E-state index contributed by atoms with van der Waals surface area (Å²) in [5.74, 6) is -2.90. The van der Waals surface area contributed by atoms with Gasteiger partial charge in [0, 0.05) is 31.3 Å². The first-order valence-corrected chi connectivity index (χ1v) is 15.6. The van der Waals surface area contributed by atoms with Crippen LogP contribution in [0.15, 0.2) is 64.4 Å². The molecule has 2 heterocycles. The number of carboxylic acid groups (broad SMARTS) is 1. The lowest BCUT2D eigenvalue weighted by atomic mass is 9.85. The zero-order valence-electron chi connectivity index (χ0n) is 23.7. The molecule has 0 radical (unpaired) electrons. The summed E-state index contributed by atoms with van der Waals surface area (Å²) in [6.07, 6.45) is 0.487. The van der Waals surface area contributed by atoms with E-state index >= 15 is 0 Å². The topological polar surface area (TPSA) is 208 Å². The molecule has 2 aromatic carbocycles. The molecule has 1 aromatic heterocycles. The lowest BCUT2D eigenvalue weighted by Crippen LogP contribution is -2.63. The van der Waals surface area contributed by atoms with Crippen LogP contribution >= 0.6 is 23.2 Å². The summed E-state index contributed by atoms with van der Waals surface area (Å²) >= 11 is 12.2. The predicted octanol–water partition coefficient (Wildman–Crippen LogP) is 2.44. The Morgan fingerprint density at radius 2 is 1.67 bits per heavy atom. The van der Waals surface area contributed by atoms with Crippen molar-refractivity contribution in [1.82, 2.24) is 24.9 Å². The van der Waals surface area contributed by atoms with Gasteiger partial charge in [-0.05, 0) is 44.0 Å². The number of urea groups is 1. The van der Waals surface area contributed by atoms with E-state index in [1.807, 2.05) is 0 Å². The molecule has 45 heavy (non-hydrogen) atoms. The van der Waals surface area contributed by atoms with Gasteiger partial charge in [-0.3, -0.25) is 14.6 Å². The highest BCUT2D eigenvalue weighted by Gasteiger charge is 2.43. The van der Waals surface area contributed by atoms with Gasteiger partial charge in [0.05, 0.1) is 20.5 Å². The van der Waals surface area contributed by atoms with Crippen LogP contribution in [0.4, 0.5) is 10.6 Å². The third-order valence-electron chi connectivity index (χ3n) is 7.33. The smallest absolute Gasteiger partial charge is 0.346 e. The number of ketones is 1. The number of carbonyl (C=O) groups excluding carboxylic acids is 3. The van der Waals surface area contributed by atoms with Crippen LogP contribution in [0.25, 0.3) is 0 Å². The average molecular weight is 680 g/mol. The number of hydrogen-bond acceptors (Lipinski definition) is 8. The maximum Gasteiger partial charge on any atom is 0.346 e. The van der Waals surface area contributed by atoms with Crippen molar-refractivity contribution in [1.29, 1.82) is 0 Å². The summed E-state index contributed by atoms with van der Waals surface area (Å²) in [5.41, 5.74) is -2.35. The zero-order chi connectivity index (χ0) is 32.9. The number of hydrogen-bond donors (Lipinski definition) is 5. The minimum atomic E-state index is -3.83. The standard InChI is InChI=1S/C28H28Cl2N6O8S/c1-16(37)28(10-12-36(13-11-28)45(43,44)18-6-3-2-4-7-18)35-27(42)32-21(25(39)40)14-17-15-31-26(41)34-23(17)33-24(38)22-19(29)8-5-9-20(22)30/h2-9,15,21H,10-14H2,1H3,(H,39,40)(H2,32,35,42)(H2,31,33,34,38,41). The zero-order valence-corrected chi connectivity index (χ0v) is 26.0. The molecule has 1 aliphatic heterocycles. The van der Waals surface area contributed by atoms with Crippen molar-refractivity contribution in [2.75, 3.05) is 18.4 Å². The lowest BCUT2D eigenvalue weighted by molar-refractivity contribution is -0.139. The largest absolute Gasteiger partial charge is 0.480 e. The molecule has 1 atom stereocenters. The summed E-state index contributed by atoms with van der Waals surface area (Å²) < 4.78 is 27.3. The van der Waals surface area contributed by atoms with Gasteiger partial charge in [-0.15, -0.1) is 0 Å². The van der Waals surface area contributed by atoms with Crippen molar-refractivity contribution in [3.05, 3.63) is 86.4 Å². The number of Topliss-reactive ketones (excluding diaryl/α,β-unsaturated/α-hetero) is 1. The number of aliphatic carboxylic acids is 1. The van der Waals surface area contributed by atoms with Crippen molar-refractivity contribution in [3.8, 4) is 0 Å². The number of nitrogens with one attached hydrogen (secondary N) is 4. The number of nitrogens with zero attached hydrogens (tertiary/aromatic N) is 2. The fraction of sp³-hybridized carbons (Fsp3) is 0.286. The maximum absolute atomic E-state index is 13.1. The van der Waals surface area contributed by atoms with Gasteiger partial charge in [-0.25, -0.2) is 27.8 Å². The van der Waals surface area contributed by atoms with Gasteiger partial charge in [0.1, 0.15) is 17.4 Å². The minimum Gasteiger partial charge on any atom is -0.480 e. The number of carboxylic acids is 1. The molecule has 1 fully saturated rings. The molecule has 0 spiro atoms. The van der Waals surface area contributed by atoms with Crippen LogP contribution in [0, 0.1) is 0 Å². The molecule has 5 N–H and O–H groups in total. The van der Waals surface area contributed by atoms with E-state index in [1.165, 1.54) is 41.6 Å². The van der Waals surface area contributed by atoms with E-state index in [2.05, 4.69) is 25.9 Å². The number of piperidine rings is 1. The molecule has 3 amide bonds. The molecule has 3 aromatic rings. The van der Waals surface area contributed by atoms with Crippen LogP contribution in [-0.4, -0.2) is 76.2 Å². The molecule has 0 aliphatic carbocycles. The SMILES string of the molecule is CC(=O)C1(NC(=O)NC(Cc2cnc(=O)[nH]c2NC(=O)c2c(Cl)cccc2Cl)C(=O)O)CCN(S(=O)(=O)c2ccccc2)CC1. The Bertz CT molecular complexity index is 1770. The molecular weight excluding hydrogens is 651 g/mol. The molecule has 4 rings (SSSR count). The number of carbonyl (C=O) groups is 4. The monoisotopic (exact) mass is 678 g/mol. The fourth-order valence-electron chi connectivity index (χ4n) is 4.82. The minimum absolute atomic E-state index is 0.0302. The molecule has 238 valence electrons. The number of H-pyrrole nitrogens is 1. The first kappa shape index (κ1) is 33.6. The molecule has 1 aliphatic rings. The Kier molecular flexibility index (Phi) is 10.3. The van der Waals surface area contributed by atoms with E-state index in [4.69, 9.17) is 23.2 Å². The Morgan fingerprint density at radius 1 is 1.04 bits per heavy atom. The summed E-state index contributed by atoms with van der Waals surface area (Å²) in [4.78, 5) is 68.8. The second-order valence-electron chi connectivity index (χ2n) is 10.2. The quantitative estimate of drug-likeness (QED) is 0.213. The number of halogens is 2. The van der Waals surface area contributed by atoms with Crippen LogP contribution in [-0.2, 0) is 26.0 Å². The second-order valence-corrected chi connectivity index (χ2v) is 12.9. The van der Waals surface area contributed by atoms with Crippen molar-refractivity contribution in [3.63, 3.8) is 0 Å². The van der Waals surface area contributed by atoms with Crippen molar-refractivity contribution in [2.45, 2.75) is 42.7 Å². The summed E-state index contributed by atoms with van der Waals surface area (Å²) in [6, 6.07) is 9.57. The molecule has 1 unspecified atom stereocenters. The number of rotatable bonds is 10. The van der Waals surface area contributed by atoms with Crippen molar-refractivity contribution in [2.24, 2.45) is 0 Å². The third-order valence-corrected chi connectivity index (χ3v) is 9.87. The van der Waals surface area contributed by atoms with Gasteiger partial charge in [-0.1, -0.05) is 47.5 Å². The average Bonchev–Trinajstić information content (AvgIpc) is 2.98. The van der Waals surface area contributed by atoms with Crippen LogP contribution < -0.4 is 21.6 Å². The van der Waals surface area contributed by atoms with E-state index in [9.17, 15) is 37.5 Å². The van der Waals surface area contributed by atoms with Gasteiger partial charge in [0.2, 0.25) is 10.0 Å². The van der Waals surface area contributed by atoms with Crippen LogP contribution in [0.2, 0.25) is 10.0 Å². The van der Waals surface area contributed by atoms with Crippen molar-refractivity contribution >= 4 is 62.7 Å². The molecule has 14 nitrogen and oxygen atoms in total. The van der Waals surface area contributed by atoms with Crippen LogP contribution in [0.1, 0.15) is 35.7 Å². The van der Waals surface area contributed by atoms with Gasteiger partial charge in [-0.2, -0.15) is 4.31 Å². The normalized spacial score (nSPS) is 15.4. The maximum atomic E-state index is 13.1. The number of aromatic nitrogens is 2. The number of amides is 3. The Morgan fingerprint density at radius 3 is 2.24 bits per heavy atom. The van der Waals surface area contributed by atoms with Crippen LogP contribution in [0.3, 0.4) is 0 Å². The van der Waals surface area contributed by atoms with Gasteiger partial charge >= 0.3 is 17.7 Å². The Hall–Kier alpha value is -4.31. The first-order valence-electron chi connectivity index (χ1n) is 13.4. The van der Waals surface area contributed by atoms with Gasteiger partial charge in [0.25, 0.3) is 5.91 Å². The van der Waals surface area contributed by atoms with Gasteiger partial charge in [0.15, 0.2) is 5.78 Å². The van der Waals surface area contributed by atoms with Crippen molar-refractivity contribution < 1.29 is 32.7 Å². The number of aromatic amines is 1. The molecule has 0 saturated carbocycles. The van der Waals surface area contributed by atoms with E-state index in [0.29, 0.717) is 0 Å². The van der Waals surface area contributed by atoms with E-state index < -0.39 is 57.4 Å². The third kappa shape index (κ3) is 7.68. The highest BCUT2D eigenvalue weighted by atomic mass is 35.5. The van der Waals surface area contributed by atoms with E-state index in [-0.39, 0.29) is 57.8 Å². The first-order chi connectivity index (χ1) is 21.2. The molecule has 17 heteroatoms. The highest BCUT2D eigenvalue weighted by molar-refractivity contribution is 7.89. The number of benzene rings is 2. The second kappa shape index (κ2) is 13.8. The summed E-state index contributed by atoms with van der Waals surface area (Å²) in [5, 5.41) is 17.2. The van der Waals surface area contributed by atoms with Gasteiger partial charge < -0.3 is 21.1 Å². The molecular formula is C28H28Cl2N6O8S. The lowest BCUT2D eigenvalue weighted by Gasteiger charge is -2.40. The van der Waals surface area contributed by atoms with E-state index in [1.54, 1.807) is 18.2 Å². The number of anilines is 1.